The monoisotopic (exact) mass is 814 g/mol. The van der Waals surface area contributed by atoms with Gasteiger partial charge in [0.1, 0.15) is 0 Å². The van der Waals surface area contributed by atoms with Crippen molar-refractivity contribution in [3.63, 3.8) is 0 Å². The minimum atomic E-state index is -0.885. The molecule has 0 radical (unpaired) electrons. The van der Waals surface area contributed by atoms with Gasteiger partial charge >= 0.3 is 5.97 Å². The number of nitrogens with one attached hydrogen (secondary N) is 3. The summed E-state index contributed by atoms with van der Waals surface area (Å²) >= 11 is 0. The number of pyridine rings is 2. The number of aliphatic hydroxyl groups is 2. The van der Waals surface area contributed by atoms with Gasteiger partial charge in [-0.25, -0.2) is 4.79 Å². The number of amides is 1. The van der Waals surface area contributed by atoms with Crippen LogP contribution >= 0.6 is 0 Å². The number of H-pyrrole nitrogens is 2. The first-order chi connectivity index (χ1) is 28.3. The SMILES string of the molecule is Cc1cc(C)c(CN)c(=O)[nH]1.Cc1cc(C)c(CNC(=O)c2ccc(CN3CCN(CCO)CC3)cc2)c(=O)[nH]1.O=C(O)c1ccc(CN2CCN(CCO)CC2)cc1. The van der Waals surface area contributed by atoms with Gasteiger partial charge in [0.05, 0.1) is 18.8 Å². The van der Waals surface area contributed by atoms with Crippen molar-refractivity contribution in [2.75, 3.05) is 78.7 Å². The van der Waals surface area contributed by atoms with Crippen molar-refractivity contribution >= 4 is 11.9 Å². The number of aliphatic hydroxyl groups excluding tert-OH is 2. The summed E-state index contributed by atoms with van der Waals surface area (Å²) < 4.78 is 0. The number of benzene rings is 2. The van der Waals surface area contributed by atoms with E-state index in [1.807, 2.05) is 76.2 Å². The Labute approximate surface area is 346 Å². The van der Waals surface area contributed by atoms with E-state index < -0.39 is 5.97 Å². The van der Waals surface area contributed by atoms with Crippen LogP contribution in [0.2, 0.25) is 0 Å². The summed E-state index contributed by atoms with van der Waals surface area (Å²) in [4.78, 5) is 61.2. The first-order valence-electron chi connectivity index (χ1n) is 20.2. The van der Waals surface area contributed by atoms with Crippen molar-refractivity contribution in [2.24, 2.45) is 5.73 Å². The van der Waals surface area contributed by atoms with Crippen LogP contribution in [-0.4, -0.2) is 135 Å². The molecule has 2 aromatic heterocycles. The van der Waals surface area contributed by atoms with E-state index in [9.17, 15) is 19.2 Å². The van der Waals surface area contributed by atoms with Crippen LogP contribution in [0.4, 0.5) is 0 Å². The Kier molecular flexibility index (Phi) is 18.6. The number of aryl methyl sites for hydroxylation is 4. The quantitative estimate of drug-likeness (QED) is 0.103. The molecular weight excluding hydrogens is 753 g/mol. The number of piperazine rings is 2. The van der Waals surface area contributed by atoms with E-state index in [-0.39, 0.29) is 36.8 Å². The van der Waals surface area contributed by atoms with Gasteiger partial charge in [0.2, 0.25) is 0 Å². The molecule has 1 amide bonds. The molecule has 320 valence electrons. The Morgan fingerprint density at radius 2 is 1.02 bits per heavy atom. The molecule has 0 saturated carbocycles. The lowest BCUT2D eigenvalue weighted by Crippen LogP contribution is -2.46. The second-order valence-electron chi connectivity index (χ2n) is 15.2. The van der Waals surface area contributed by atoms with Crippen LogP contribution in [0.15, 0.2) is 70.3 Å². The number of nitrogens with zero attached hydrogens (tertiary/aromatic N) is 4. The molecule has 0 bridgehead atoms. The number of hydrogen-bond donors (Lipinski definition) is 7. The van der Waals surface area contributed by atoms with Crippen molar-refractivity contribution in [3.8, 4) is 0 Å². The fraction of sp³-hybridized carbons (Fsp3) is 0.455. The number of hydrogen-bond acceptors (Lipinski definition) is 11. The van der Waals surface area contributed by atoms with Gasteiger partial charge in [-0.2, -0.15) is 0 Å². The standard InChI is InChI=1S/C22H30N4O3.C14H20N2O3.C8H12N2O/c1-16-13-17(2)24-22(29)20(16)14-23-21(28)19-5-3-18(4-6-19)15-26-9-7-25(8-10-26)11-12-27;17-10-9-15-5-7-16(8-6-15)11-12-1-3-13(4-2-12)14(18)19;1-5-3-6(2)10-8(11)7(5)4-9/h3-6,13,27H,7-12,14-15H2,1-2H3,(H,23,28)(H,24,29);1-4,17H,5-11H2,(H,18,19);3H,4,9H2,1-2H3,(H,10,11). The molecule has 15 heteroatoms. The molecule has 59 heavy (non-hydrogen) atoms. The van der Waals surface area contributed by atoms with Crippen LogP contribution in [0.25, 0.3) is 0 Å². The van der Waals surface area contributed by atoms with Crippen LogP contribution in [0.1, 0.15) is 65.5 Å². The lowest BCUT2D eigenvalue weighted by Gasteiger charge is -2.34. The number of aromatic carboxylic acids is 1. The minimum Gasteiger partial charge on any atom is -0.478 e. The van der Waals surface area contributed by atoms with E-state index in [1.165, 1.54) is 5.56 Å². The summed E-state index contributed by atoms with van der Waals surface area (Å²) in [5, 5.41) is 29.6. The van der Waals surface area contributed by atoms with Gasteiger partial charge in [0.25, 0.3) is 17.0 Å². The van der Waals surface area contributed by atoms with Gasteiger partial charge in [-0.05, 0) is 86.3 Å². The number of carbonyl (C=O) groups excluding carboxylic acids is 1. The zero-order chi connectivity index (χ0) is 42.9. The van der Waals surface area contributed by atoms with Crippen molar-refractivity contribution in [3.05, 3.63) is 137 Å². The van der Waals surface area contributed by atoms with Crippen LogP contribution in [-0.2, 0) is 26.2 Å². The lowest BCUT2D eigenvalue weighted by atomic mass is 10.1. The van der Waals surface area contributed by atoms with E-state index >= 15 is 0 Å². The highest BCUT2D eigenvalue weighted by Crippen LogP contribution is 2.12. The highest BCUT2D eigenvalue weighted by molar-refractivity contribution is 5.94. The van der Waals surface area contributed by atoms with E-state index in [1.54, 1.807) is 12.1 Å². The molecule has 2 aliphatic rings. The smallest absolute Gasteiger partial charge is 0.335 e. The molecule has 0 spiro atoms. The predicted molar refractivity (Wildman–Crippen MR) is 230 cm³/mol. The Hall–Kier alpha value is -5.00. The maximum Gasteiger partial charge on any atom is 0.335 e. The van der Waals surface area contributed by atoms with Crippen molar-refractivity contribution < 1.29 is 24.9 Å². The number of carbonyl (C=O) groups is 2. The molecule has 0 aliphatic carbocycles. The average Bonchev–Trinajstić information content (AvgIpc) is 3.20. The molecule has 2 fully saturated rings. The fourth-order valence-electron chi connectivity index (χ4n) is 7.16. The van der Waals surface area contributed by atoms with Crippen LogP contribution in [0, 0.1) is 27.7 Å². The van der Waals surface area contributed by atoms with E-state index in [2.05, 4.69) is 34.9 Å². The molecule has 2 aromatic carbocycles. The largest absolute Gasteiger partial charge is 0.478 e. The fourth-order valence-corrected chi connectivity index (χ4v) is 7.16. The molecule has 0 atom stereocenters. The van der Waals surface area contributed by atoms with E-state index in [0.717, 1.165) is 107 Å². The zero-order valence-electron chi connectivity index (χ0n) is 34.9. The molecule has 4 aromatic rings. The highest BCUT2D eigenvalue weighted by Gasteiger charge is 2.18. The third-order valence-electron chi connectivity index (χ3n) is 10.6. The van der Waals surface area contributed by atoms with E-state index in [4.69, 9.17) is 21.1 Å². The molecule has 4 heterocycles. The molecular formula is C44H62N8O7. The van der Waals surface area contributed by atoms with Crippen LogP contribution in [0.3, 0.4) is 0 Å². The van der Waals surface area contributed by atoms with Gasteiger partial charge < -0.3 is 36.3 Å². The molecule has 15 nitrogen and oxygen atoms in total. The Morgan fingerprint density at radius 3 is 1.39 bits per heavy atom. The summed E-state index contributed by atoms with van der Waals surface area (Å²) in [6, 6.07) is 18.5. The van der Waals surface area contributed by atoms with Crippen molar-refractivity contribution in [1.82, 2.24) is 34.9 Å². The summed E-state index contributed by atoms with van der Waals surface area (Å²) in [5.74, 6) is -1.07. The van der Waals surface area contributed by atoms with Gasteiger partial charge in [-0.1, -0.05) is 24.3 Å². The molecule has 6 rings (SSSR count). The first-order valence-corrected chi connectivity index (χ1v) is 20.2. The third kappa shape index (κ3) is 15.0. The van der Waals surface area contributed by atoms with Crippen LogP contribution < -0.4 is 22.2 Å². The van der Waals surface area contributed by atoms with Gasteiger partial charge in [0.15, 0.2) is 0 Å². The normalized spacial score (nSPS) is 15.1. The van der Waals surface area contributed by atoms with Gasteiger partial charge in [-0.3, -0.25) is 34.0 Å². The number of rotatable bonds is 13. The van der Waals surface area contributed by atoms with Crippen molar-refractivity contribution in [1.29, 1.82) is 0 Å². The summed E-state index contributed by atoms with van der Waals surface area (Å²) in [6.45, 7) is 19.4. The number of carboxylic acid groups (broad SMARTS) is 1. The zero-order valence-corrected chi connectivity index (χ0v) is 34.9. The topological polar surface area (TPSA) is 212 Å². The first kappa shape index (κ1) is 46.7. The van der Waals surface area contributed by atoms with Gasteiger partial charge in [0, 0.05) is 120 Å². The molecule has 0 unspecified atom stereocenters. The van der Waals surface area contributed by atoms with Crippen LogP contribution in [0.5, 0.6) is 0 Å². The van der Waals surface area contributed by atoms with Gasteiger partial charge in [-0.15, -0.1) is 0 Å². The number of nitrogens with two attached hydrogens (primary N) is 1. The minimum absolute atomic E-state index is 0.0648. The lowest BCUT2D eigenvalue weighted by molar-refractivity contribution is 0.0696. The second-order valence-corrected chi connectivity index (χ2v) is 15.2. The number of aromatic nitrogens is 2. The summed E-state index contributed by atoms with van der Waals surface area (Å²) in [7, 11) is 0. The Morgan fingerprint density at radius 1 is 0.627 bits per heavy atom. The molecule has 2 saturated heterocycles. The Balaban J connectivity index is 0.000000219. The maximum absolute atomic E-state index is 12.4. The Bertz CT molecular complexity index is 2050. The summed E-state index contributed by atoms with van der Waals surface area (Å²) in [6.07, 6.45) is 0. The second kappa shape index (κ2) is 23.6. The third-order valence-corrected chi connectivity index (χ3v) is 10.6. The van der Waals surface area contributed by atoms with E-state index in [0.29, 0.717) is 28.8 Å². The number of β-amino-alcohol motifs (C(OH)–C–C–N with tert-alkyl or cyclic N) is 2. The molecule has 8 N–H and O–H groups in total. The molecule has 2 aliphatic heterocycles. The number of carboxylic acids is 1. The summed E-state index contributed by atoms with van der Waals surface area (Å²) in [5.41, 5.74) is 13.2. The van der Waals surface area contributed by atoms with Crippen molar-refractivity contribution in [2.45, 2.75) is 53.9 Å². The maximum atomic E-state index is 12.4. The predicted octanol–water partition coefficient (Wildman–Crippen LogP) is 1.98. The highest BCUT2D eigenvalue weighted by atomic mass is 16.4. The number of aromatic amines is 2. The average molecular weight is 815 g/mol.